The van der Waals surface area contributed by atoms with Gasteiger partial charge in [0.25, 0.3) is 0 Å². The maximum Gasteiger partial charge on any atom is 0.137 e. The van der Waals surface area contributed by atoms with E-state index in [1.807, 2.05) is 50.2 Å². The standard InChI is InChI=1S/C16H17ClFNS/c1-3-19-11(2)12-8-9-16(14(18)10-12)20-15-7-5-4-6-13(15)17/h4-11,19H,3H2,1-2H3. The first-order valence-electron chi connectivity index (χ1n) is 6.57. The Morgan fingerprint density at radius 1 is 1.20 bits per heavy atom. The van der Waals surface area contributed by atoms with Gasteiger partial charge in [0.1, 0.15) is 5.82 Å². The molecule has 2 rings (SSSR count). The van der Waals surface area contributed by atoms with Gasteiger partial charge in [0.2, 0.25) is 0 Å². The van der Waals surface area contributed by atoms with Crippen LogP contribution < -0.4 is 5.32 Å². The van der Waals surface area contributed by atoms with Gasteiger partial charge >= 0.3 is 0 Å². The molecule has 2 aromatic carbocycles. The van der Waals surface area contributed by atoms with Crippen molar-refractivity contribution in [2.75, 3.05) is 6.54 Å². The van der Waals surface area contributed by atoms with Gasteiger partial charge in [-0.2, -0.15) is 0 Å². The average Bonchev–Trinajstić information content (AvgIpc) is 2.43. The Hall–Kier alpha value is -1.03. The maximum absolute atomic E-state index is 14.2. The van der Waals surface area contributed by atoms with E-state index in [-0.39, 0.29) is 11.9 Å². The predicted molar refractivity (Wildman–Crippen MR) is 84.1 cm³/mol. The highest BCUT2D eigenvalue weighted by Crippen LogP contribution is 2.35. The van der Waals surface area contributed by atoms with Crippen LogP contribution in [-0.2, 0) is 0 Å². The highest BCUT2D eigenvalue weighted by Gasteiger charge is 2.10. The fourth-order valence-corrected chi connectivity index (χ4v) is 3.03. The molecule has 0 aliphatic carbocycles. The lowest BCUT2D eigenvalue weighted by molar-refractivity contribution is 0.572. The molecular weight excluding hydrogens is 293 g/mol. The number of nitrogens with one attached hydrogen (secondary N) is 1. The summed E-state index contributed by atoms with van der Waals surface area (Å²) in [6.07, 6.45) is 0. The van der Waals surface area contributed by atoms with Crippen LogP contribution in [0.3, 0.4) is 0 Å². The van der Waals surface area contributed by atoms with E-state index in [4.69, 9.17) is 11.6 Å². The number of rotatable bonds is 5. The molecule has 0 saturated carbocycles. The third kappa shape index (κ3) is 3.75. The predicted octanol–water partition coefficient (Wildman–Crippen LogP) is 5.30. The number of benzene rings is 2. The summed E-state index contributed by atoms with van der Waals surface area (Å²) in [7, 11) is 0. The largest absolute Gasteiger partial charge is 0.310 e. The van der Waals surface area contributed by atoms with Crippen molar-refractivity contribution in [1.29, 1.82) is 0 Å². The van der Waals surface area contributed by atoms with Gasteiger partial charge in [0.15, 0.2) is 0 Å². The van der Waals surface area contributed by atoms with Crippen LogP contribution in [0.25, 0.3) is 0 Å². The molecule has 0 aromatic heterocycles. The first kappa shape index (κ1) is 15.4. The molecule has 1 nitrogen and oxygen atoms in total. The molecule has 0 aliphatic heterocycles. The normalized spacial score (nSPS) is 12.4. The van der Waals surface area contributed by atoms with Crippen LogP contribution in [0.5, 0.6) is 0 Å². The third-order valence-corrected chi connectivity index (χ3v) is 4.59. The van der Waals surface area contributed by atoms with Gasteiger partial charge in [0.05, 0.1) is 5.02 Å². The van der Waals surface area contributed by atoms with E-state index in [1.165, 1.54) is 11.8 Å². The van der Waals surface area contributed by atoms with Crippen LogP contribution in [0, 0.1) is 5.82 Å². The van der Waals surface area contributed by atoms with Crippen molar-refractivity contribution in [1.82, 2.24) is 5.32 Å². The van der Waals surface area contributed by atoms with Crippen molar-refractivity contribution < 1.29 is 4.39 Å². The molecule has 1 N–H and O–H groups in total. The van der Waals surface area contributed by atoms with Crippen molar-refractivity contribution in [2.45, 2.75) is 29.7 Å². The van der Waals surface area contributed by atoms with Crippen molar-refractivity contribution in [3.8, 4) is 0 Å². The van der Waals surface area contributed by atoms with E-state index in [1.54, 1.807) is 6.07 Å². The van der Waals surface area contributed by atoms with Crippen molar-refractivity contribution in [2.24, 2.45) is 0 Å². The van der Waals surface area contributed by atoms with Gasteiger partial charge in [-0.15, -0.1) is 0 Å². The van der Waals surface area contributed by atoms with Crippen LogP contribution in [-0.4, -0.2) is 6.54 Å². The zero-order valence-corrected chi connectivity index (χ0v) is 13.1. The van der Waals surface area contributed by atoms with E-state index >= 15 is 0 Å². The second kappa shape index (κ2) is 7.11. The molecule has 20 heavy (non-hydrogen) atoms. The van der Waals surface area contributed by atoms with Gasteiger partial charge in [-0.25, -0.2) is 4.39 Å². The fourth-order valence-electron chi connectivity index (χ4n) is 1.94. The molecule has 106 valence electrons. The molecule has 0 bridgehead atoms. The zero-order valence-electron chi connectivity index (χ0n) is 11.5. The fraction of sp³-hybridized carbons (Fsp3) is 0.250. The molecule has 0 aliphatic rings. The first-order valence-corrected chi connectivity index (χ1v) is 7.76. The Morgan fingerprint density at radius 2 is 1.95 bits per heavy atom. The minimum Gasteiger partial charge on any atom is -0.310 e. The van der Waals surface area contributed by atoms with Gasteiger partial charge in [-0.3, -0.25) is 0 Å². The van der Waals surface area contributed by atoms with Crippen LogP contribution in [0.2, 0.25) is 5.02 Å². The average molecular weight is 310 g/mol. The Kier molecular flexibility index (Phi) is 5.46. The summed E-state index contributed by atoms with van der Waals surface area (Å²) in [6, 6.07) is 13.0. The smallest absolute Gasteiger partial charge is 0.137 e. The topological polar surface area (TPSA) is 12.0 Å². The summed E-state index contributed by atoms with van der Waals surface area (Å²) in [6.45, 7) is 4.92. The summed E-state index contributed by atoms with van der Waals surface area (Å²) in [5.74, 6) is -0.211. The van der Waals surface area contributed by atoms with E-state index in [2.05, 4.69) is 5.32 Å². The van der Waals surface area contributed by atoms with Crippen LogP contribution >= 0.6 is 23.4 Å². The highest BCUT2D eigenvalue weighted by atomic mass is 35.5. The Labute approximate surface area is 128 Å². The molecule has 4 heteroatoms. The maximum atomic E-state index is 14.2. The minimum absolute atomic E-state index is 0.147. The molecule has 0 spiro atoms. The molecule has 0 saturated heterocycles. The molecule has 0 amide bonds. The first-order chi connectivity index (χ1) is 9.61. The van der Waals surface area contributed by atoms with Gasteiger partial charge in [-0.1, -0.05) is 48.5 Å². The molecule has 0 heterocycles. The second-order valence-electron chi connectivity index (χ2n) is 4.50. The van der Waals surface area contributed by atoms with Crippen LogP contribution in [0.4, 0.5) is 4.39 Å². The summed E-state index contributed by atoms with van der Waals surface area (Å²) in [5.41, 5.74) is 0.952. The molecule has 1 unspecified atom stereocenters. The summed E-state index contributed by atoms with van der Waals surface area (Å²) < 4.78 is 14.2. The summed E-state index contributed by atoms with van der Waals surface area (Å²) in [5, 5.41) is 3.91. The van der Waals surface area contributed by atoms with Gasteiger partial charge < -0.3 is 5.32 Å². The highest BCUT2D eigenvalue weighted by molar-refractivity contribution is 7.99. The van der Waals surface area contributed by atoms with Crippen molar-refractivity contribution >= 4 is 23.4 Å². The van der Waals surface area contributed by atoms with E-state index in [0.29, 0.717) is 9.92 Å². The monoisotopic (exact) mass is 309 g/mol. The molecule has 1 atom stereocenters. The Morgan fingerprint density at radius 3 is 2.60 bits per heavy atom. The summed E-state index contributed by atoms with van der Waals surface area (Å²) in [4.78, 5) is 1.45. The minimum atomic E-state index is -0.211. The van der Waals surface area contributed by atoms with E-state index in [0.717, 1.165) is 17.0 Å². The van der Waals surface area contributed by atoms with Crippen molar-refractivity contribution in [3.05, 3.63) is 58.9 Å². The number of hydrogen-bond acceptors (Lipinski definition) is 2. The Bertz CT molecular complexity index is 588. The second-order valence-corrected chi connectivity index (χ2v) is 5.99. The van der Waals surface area contributed by atoms with E-state index < -0.39 is 0 Å². The lowest BCUT2D eigenvalue weighted by Crippen LogP contribution is -2.17. The Balaban J connectivity index is 2.20. The van der Waals surface area contributed by atoms with Gasteiger partial charge in [-0.05, 0) is 43.3 Å². The van der Waals surface area contributed by atoms with Crippen LogP contribution in [0.1, 0.15) is 25.5 Å². The van der Waals surface area contributed by atoms with Gasteiger partial charge in [0, 0.05) is 15.8 Å². The summed E-state index contributed by atoms with van der Waals surface area (Å²) >= 11 is 7.44. The third-order valence-electron chi connectivity index (χ3n) is 3.02. The van der Waals surface area contributed by atoms with E-state index in [9.17, 15) is 4.39 Å². The van der Waals surface area contributed by atoms with Crippen LogP contribution in [0.15, 0.2) is 52.3 Å². The number of halogens is 2. The van der Waals surface area contributed by atoms with Crippen molar-refractivity contribution in [3.63, 3.8) is 0 Å². The molecule has 2 aromatic rings. The molecule has 0 radical (unpaired) electrons. The SMILES string of the molecule is CCNC(C)c1ccc(Sc2ccccc2Cl)c(F)c1. The zero-order chi connectivity index (χ0) is 14.5. The lowest BCUT2D eigenvalue weighted by atomic mass is 10.1. The number of hydrogen-bond donors (Lipinski definition) is 1. The quantitative estimate of drug-likeness (QED) is 0.804. The molecular formula is C16H17ClFNS. The lowest BCUT2D eigenvalue weighted by Gasteiger charge is -2.14. The molecule has 0 fully saturated rings.